The monoisotopic (exact) mass is 373 g/mol. The van der Waals surface area contributed by atoms with Gasteiger partial charge in [0.15, 0.2) is 5.13 Å². The summed E-state index contributed by atoms with van der Waals surface area (Å²) in [7, 11) is 0. The number of hydrogen-bond acceptors (Lipinski definition) is 6. The molecule has 25 heavy (non-hydrogen) atoms. The van der Waals surface area contributed by atoms with Gasteiger partial charge in [-0.3, -0.25) is 14.9 Å². The second kappa shape index (κ2) is 8.09. The normalized spacial score (nSPS) is 10.7. The summed E-state index contributed by atoms with van der Waals surface area (Å²) < 4.78 is 0.684. The molecule has 0 spiro atoms. The first-order valence-corrected chi connectivity index (χ1v) is 9.45. The van der Waals surface area contributed by atoms with E-state index in [0.717, 1.165) is 12.2 Å². The van der Waals surface area contributed by atoms with Crippen molar-refractivity contribution in [3.05, 3.63) is 58.6 Å². The standard InChI is InChI=1S/C17H15N3O3S2/c21-16(7-4-10-24-13-5-2-1-3-6-13)19-17-18-14-9-8-12(20(22)23)11-15(14)25-17/h1-3,5-6,8-9,11H,4,7,10H2,(H,18,19,21). The van der Waals surface area contributed by atoms with Gasteiger partial charge in [-0.15, -0.1) is 11.8 Å². The molecule has 0 unspecified atom stereocenters. The molecule has 1 aromatic heterocycles. The SMILES string of the molecule is O=C(CCCSc1ccccc1)Nc1nc2ccc([N+](=O)[O-])cc2s1. The number of thiazole rings is 1. The van der Waals surface area contributed by atoms with Crippen LogP contribution in [0.5, 0.6) is 0 Å². The summed E-state index contributed by atoms with van der Waals surface area (Å²) in [6.07, 6.45) is 1.18. The van der Waals surface area contributed by atoms with Gasteiger partial charge in [-0.05, 0) is 30.4 Å². The van der Waals surface area contributed by atoms with E-state index >= 15 is 0 Å². The number of nitrogens with zero attached hydrogens (tertiary/aromatic N) is 2. The van der Waals surface area contributed by atoms with Crippen LogP contribution in [0.3, 0.4) is 0 Å². The zero-order chi connectivity index (χ0) is 17.6. The van der Waals surface area contributed by atoms with Crippen molar-refractivity contribution in [2.24, 2.45) is 0 Å². The molecule has 0 atom stereocenters. The molecule has 0 bridgehead atoms. The largest absolute Gasteiger partial charge is 0.302 e. The summed E-state index contributed by atoms with van der Waals surface area (Å²) in [5.74, 6) is 0.769. The summed E-state index contributed by atoms with van der Waals surface area (Å²) in [4.78, 5) is 27.8. The number of anilines is 1. The first-order valence-electron chi connectivity index (χ1n) is 7.64. The van der Waals surface area contributed by atoms with Gasteiger partial charge >= 0.3 is 0 Å². The van der Waals surface area contributed by atoms with Crippen LogP contribution in [0.4, 0.5) is 10.8 Å². The van der Waals surface area contributed by atoms with Crippen molar-refractivity contribution in [1.82, 2.24) is 4.98 Å². The quantitative estimate of drug-likeness (QED) is 0.280. The van der Waals surface area contributed by atoms with E-state index in [-0.39, 0.29) is 11.6 Å². The lowest BCUT2D eigenvalue weighted by atomic mass is 10.3. The minimum atomic E-state index is -0.443. The lowest BCUT2D eigenvalue weighted by Crippen LogP contribution is -2.11. The van der Waals surface area contributed by atoms with E-state index in [0.29, 0.717) is 21.8 Å². The zero-order valence-electron chi connectivity index (χ0n) is 13.2. The van der Waals surface area contributed by atoms with Gasteiger partial charge in [0.2, 0.25) is 5.91 Å². The van der Waals surface area contributed by atoms with Crippen LogP contribution in [0, 0.1) is 10.1 Å². The molecular weight excluding hydrogens is 358 g/mol. The third kappa shape index (κ3) is 4.77. The number of nitro benzene ring substituents is 1. The second-order valence-electron chi connectivity index (χ2n) is 5.24. The molecule has 128 valence electrons. The van der Waals surface area contributed by atoms with Crippen LogP contribution < -0.4 is 5.32 Å². The Morgan fingerprint density at radius 2 is 2.04 bits per heavy atom. The number of nitrogens with one attached hydrogen (secondary N) is 1. The Labute approximate surface area is 152 Å². The number of benzene rings is 2. The average Bonchev–Trinajstić information content (AvgIpc) is 3.00. The highest BCUT2D eigenvalue weighted by atomic mass is 32.2. The molecule has 2 aromatic carbocycles. The number of carbonyl (C=O) groups is 1. The third-order valence-corrected chi connectivity index (χ3v) is 5.42. The van der Waals surface area contributed by atoms with Crippen molar-refractivity contribution in [2.75, 3.05) is 11.1 Å². The van der Waals surface area contributed by atoms with Crippen molar-refractivity contribution >= 4 is 50.0 Å². The van der Waals surface area contributed by atoms with E-state index < -0.39 is 4.92 Å². The van der Waals surface area contributed by atoms with Crippen molar-refractivity contribution < 1.29 is 9.72 Å². The van der Waals surface area contributed by atoms with E-state index in [9.17, 15) is 14.9 Å². The molecular formula is C17H15N3O3S2. The van der Waals surface area contributed by atoms with Gasteiger partial charge in [0.25, 0.3) is 5.69 Å². The number of hydrogen-bond donors (Lipinski definition) is 1. The maximum Gasteiger partial charge on any atom is 0.270 e. The average molecular weight is 373 g/mol. The number of fused-ring (bicyclic) bond motifs is 1. The summed E-state index contributed by atoms with van der Waals surface area (Å²) in [5, 5.41) is 14.0. The molecule has 3 rings (SSSR count). The van der Waals surface area contributed by atoms with Crippen LogP contribution in [0.25, 0.3) is 10.2 Å². The number of aromatic nitrogens is 1. The maximum atomic E-state index is 12.0. The molecule has 0 saturated heterocycles. The number of non-ortho nitro benzene ring substituents is 1. The van der Waals surface area contributed by atoms with Gasteiger partial charge < -0.3 is 5.32 Å². The maximum absolute atomic E-state index is 12.0. The molecule has 0 radical (unpaired) electrons. The fourth-order valence-corrected chi connectivity index (χ4v) is 3.99. The molecule has 8 heteroatoms. The Bertz CT molecular complexity index is 897. The Kier molecular flexibility index (Phi) is 5.62. The summed E-state index contributed by atoms with van der Waals surface area (Å²) in [5.41, 5.74) is 0.664. The van der Waals surface area contributed by atoms with Gasteiger partial charge in [0.1, 0.15) is 0 Å². The highest BCUT2D eigenvalue weighted by molar-refractivity contribution is 7.99. The molecule has 3 aromatic rings. The lowest BCUT2D eigenvalue weighted by Gasteiger charge is -2.02. The van der Waals surface area contributed by atoms with Gasteiger partial charge in [-0.1, -0.05) is 29.5 Å². The van der Waals surface area contributed by atoms with E-state index in [2.05, 4.69) is 10.3 Å². The highest BCUT2D eigenvalue weighted by Gasteiger charge is 2.11. The van der Waals surface area contributed by atoms with E-state index in [1.807, 2.05) is 30.3 Å². The van der Waals surface area contributed by atoms with Crippen LogP contribution >= 0.6 is 23.1 Å². The second-order valence-corrected chi connectivity index (χ2v) is 7.44. The molecule has 0 fully saturated rings. The lowest BCUT2D eigenvalue weighted by molar-refractivity contribution is -0.384. The Hall–Kier alpha value is -2.45. The van der Waals surface area contributed by atoms with Crippen molar-refractivity contribution in [1.29, 1.82) is 0 Å². The fourth-order valence-electron chi connectivity index (χ4n) is 2.20. The number of rotatable bonds is 7. The van der Waals surface area contributed by atoms with Crippen LogP contribution in [-0.4, -0.2) is 21.6 Å². The van der Waals surface area contributed by atoms with Crippen molar-refractivity contribution in [3.8, 4) is 0 Å². The number of amides is 1. The Balaban J connectivity index is 1.50. The summed E-state index contributed by atoms with van der Waals surface area (Å²) in [6.45, 7) is 0. The smallest absolute Gasteiger partial charge is 0.270 e. The van der Waals surface area contributed by atoms with E-state index in [4.69, 9.17) is 0 Å². The summed E-state index contributed by atoms with van der Waals surface area (Å²) in [6, 6.07) is 14.5. The Morgan fingerprint density at radius 3 is 2.80 bits per heavy atom. The predicted molar refractivity (Wildman–Crippen MR) is 101 cm³/mol. The van der Waals surface area contributed by atoms with Crippen LogP contribution in [0.1, 0.15) is 12.8 Å². The first-order chi connectivity index (χ1) is 12.1. The highest BCUT2D eigenvalue weighted by Crippen LogP contribution is 2.29. The Morgan fingerprint density at radius 1 is 1.24 bits per heavy atom. The minimum absolute atomic E-state index is 0.0203. The van der Waals surface area contributed by atoms with Crippen LogP contribution in [0.15, 0.2) is 53.4 Å². The van der Waals surface area contributed by atoms with E-state index in [1.54, 1.807) is 17.8 Å². The molecule has 0 aliphatic heterocycles. The number of thioether (sulfide) groups is 1. The molecule has 1 amide bonds. The third-order valence-electron chi connectivity index (χ3n) is 3.39. The fraction of sp³-hybridized carbons (Fsp3) is 0.176. The minimum Gasteiger partial charge on any atom is -0.302 e. The molecule has 0 saturated carbocycles. The zero-order valence-corrected chi connectivity index (χ0v) is 14.8. The molecule has 1 heterocycles. The van der Waals surface area contributed by atoms with Crippen LogP contribution in [-0.2, 0) is 4.79 Å². The van der Waals surface area contributed by atoms with Gasteiger partial charge in [0.05, 0.1) is 15.1 Å². The predicted octanol–water partition coefficient (Wildman–Crippen LogP) is 4.72. The first kappa shape index (κ1) is 17.4. The van der Waals surface area contributed by atoms with Gasteiger partial charge in [-0.25, -0.2) is 4.98 Å². The van der Waals surface area contributed by atoms with Gasteiger partial charge in [-0.2, -0.15) is 0 Å². The molecule has 6 nitrogen and oxygen atoms in total. The number of nitro groups is 1. The van der Waals surface area contributed by atoms with Crippen molar-refractivity contribution in [2.45, 2.75) is 17.7 Å². The summed E-state index contributed by atoms with van der Waals surface area (Å²) >= 11 is 2.96. The van der Waals surface area contributed by atoms with Crippen LogP contribution in [0.2, 0.25) is 0 Å². The molecule has 0 aliphatic carbocycles. The number of carbonyl (C=O) groups excluding carboxylic acids is 1. The van der Waals surface area contributed by atoms with Gasteiger partial charge in [0, 0.05) is 23.4 Å². The molecule has 0 aliphatic rings. The van der Waals surface area contributed by atoms with Crippen molar-refractivity contribution in [3.63, 3.8) is 0 Å². The van der Waals surface area contributed by atoms with E-state index in [1.165, 1.54) is 28.4 Å². The molecule has 1 N–H and O–H groups in total. The topological polar surface area (TPSA) is 85.1 Å².